The van der Waals surface area contributed by atoms with Crippen molar-refractivity contribution in [2.24, 2.45) is 5.92 Å². The summed E-state index contributed by atoms with van der Waals surface area (Å²) in [6, 6.07) is 0. The summed E-state index contributed by atoms with van der Waals surface area (Å²) in [4.78, 5) is 0. The summed E-state index contributed by atoms with van der Waals surface area (Å²) in [5, 5.41) is 0. The van der Waals surface area contributed by atoms with Gasteiger partial charge in [0.25, 0.3) is 0 Å². The van der Waals surface area contributed by atoms with Gasteiger partial charge in [0.1, 0.15) is 0 Å². The molecule has 0 aromatic heterocycles. The lowest BCUT2D eigenvalue weighted by Crippen LogP contribution is -2.27. The molecule has 0 aliphatic carbocycles. The first-order valence-electron chi connectivity index (χ1n) is 3.12. The van der Waals surface area contributed by atoms with E-state index in [0.29, 0.717) is 12.5 Å². The van der Waals surface area contributed by atoms with Gasteiger partial charge in [0.05, 0.1) is 6.61 Å². The molecule has 1 aliphatic heterocycles. The molecule has 1 aliphatic rings. The van der Waals surface area contributed by atoms with Gasteiger partial charge >= 0.3 is 0 Å². The Labute approximate surface area is 65.3 Å². The van der Waals surface area contributed by atoms with Gasteiger partial charge in [-0.2, -0.15) is 0 Å². The van der Waals surface area contributed by atoms with Crippen molar-refractivity contribution in [3.05, 3.63) is 0 Å². The molecule has 1 saturated heterocycles. The minimum atomic E-state index is -0.896. The van der Waals surface area contributed by atoms with Crippen LogP contribution in [0, 0.1) is 5.92 Å². The second-order valence-electron chi connectivity index (χ2n) is 2.59. The Kier molecular flexibility index (Phi) is 2.25. The standard InChI is InChI=1S/C6H10Cl2O/c1-5-2-3-6(7,8)9-4-5/h5H,2-4H2,1H3. The summed E-state index contributed by atoms with van der Waals surface area (Å²) in [6.07, 6.45) is 1.81. The van der Waals surface area contributed by atoms with E-state index in [1.54, 1.807) is 0 Å². The Balaban J connectivity index is 2.35. The molecule has 1 heterocycles. The van der Waals surface area contributed by atoms with Crippen LogP contribution in [0.4, 0.5) is 0 Å². The van der Waals surface area contributed by atoms with Crippen LogP contribution in [0.1, 0.15) is 19.8 Å². The van der Waals surface area contributed by atoms with Crippen LogP contribution in [0.3, 0.4) is 0 Å². The molecule has 0 N–H and O–H groups in total. The van der Waals surface area contributed by atoms with Crippen molar-refractivity contribution in [3.8, 4) is 0 Å². The third-order valence-corrected chi connectivity index (χ3v) is 2.10. The summed E-state index contributed by atoms with van der Waals surface area (Å²) in [7, 11) is 0. The molecule has 9 heavy (non-hydrogen) atoms. The Morgan fingerprint density at radius 2 is 2.22 bits per heavy atom. The van der Waals surface area contributed by atoms with Crippen molar-refractivity contribution in [3.63, 3.8) is 0 Å². The maximum atomic E-state index is 5.68. The number of hydrogen-bond donors (Lipinski definition) is 0. The quantitative estimate of drug-likeness (QED) is 0.506. The number of hydrogen-bond acceptors (Lipinski definition) is 1. The molecule has 0 radical (unpaired) electrons. The highest BCUT2D eigenvalue weighted by Gasteiger charge is 2.29. The minimum absolute atomic E-state index is 0.607. The molecule has 1 nitrogen and oxygen atoms in total. The fraction of sp³-hybridized carbons (Fsp3) is 1.00. The van der Waals surface area contributed by atoms with E-state index in [0.717, 1.165) is 12.8 Å². The van der Waals surface area contributed by atoms with Crippen LogP contribution in [0.5, 0.6) is 0 Å². The van der Waals surface area contributed by atoms with Crippen molar-refractivity contribution in [1.29, 1.82) is 0 Å². The van der Waals surface area contributed by atoms with E-state index in [4.69, 9.17) is 27.9 Å². The first kappa shape index (κ1) is 7.64. The summed E-state index contributed by atoms with van der Waals surface area (Å²) >= 11 is 11.4. The van der Waals surface area contributed by atoms with E-state index in [-0.39, 0.29) is 0 Å². The second-order valence-corrected chi connectivity index (χ2v) is 4.01. The number of rotatable bonds is 0. The van der Waals surface area contributed by atoms with Crippen LogP contribution in [0.25, 0.3) is 0 Å². The minimum Gasteiger partial charge on any atom is -0.346 e. The van der Waals surface area contributed by atoms with Crippen molar-refractivity contribution in [2.45, 2.75) is 24.3 Å². The number of halogens is 2. The zero-order chi connectivity index (χ0) is 6.91. The van der Waals surface area contributed by atoms with Gasteiger partial charge in [-0.3, -0.25) is 0 Å². The van der Waals surface area contributed by atoms with Crippen LogP contribution in [0.2, 0.25) is 0 Å². The van der Waals surface area contributed by atoms with Crippen LogP contribution in [0.15, 0.2) is 0 Å². The van der Waals surface area contributed by atoms with Crippen molar-refractivity contribution in [1.82, 2.24) is 0 Å². The lowest BCUT2D eigenvalue weighted by molar-refractivity contribution is 0.00972. The molecular weight excluding hydrogens is 159 g/mol. The molecule has 54 valence electrons. The Morgan fingerprint density at radius 1 is 1.56 bits per heavy atom. The van der Waals surface area contributed by atoms with E-state index in [1.807, 2.05) is 0 Å². The topological polar surface area (TPSA) is 9.23 Å². The molecule has 1 unspecified atom stereocenters. The first-order valence-corrected chi connectivity index (χ1v) is 3.87. The summed E-state index contributed by atoms with van der Waals surface area (Å²) in [6.45, 7) is 2.82. The summed E-state index contributed by atoms with van der Waals surface area (Å²) in [5.74, 6) is 0.607. The largest absolute Gasteiger partial charge is 0.346 e. The van der Waals surface area contributed by atoms with Gasteiger partial charge in [-0.15, -0.1) is 0 Å². The lowest BCUT2D eigenvalue weighted by Gasteiger charge is -2.28. The second kappa shape index (κ2) is 2.65. The zero-order valence-electron chi connectivity index (χ0n) is 5.36. The van der Waals surface area contributed by atoms with E-state index >= 15 is 0 Å². The van der Waals surface area contributed by atoms with Gasteiger partial charge in [-0.1, -0.05) is 30.1 Å². The number of ether oxygens (including phenoxy) is 1. The van der Waals surface area contributed by atoms with Crippen molar-refractivity contribution < 1.29 is 4.74 Å². The monoisotopic (exact) mass is 168 g/mol. The SMILES string of the molecule is CC1CCC(Cl)(Cl)OC1. The van der Waals surface area contributed by atoms with Gasteiger partial charge in [-0.25, -0.2) is 0 Å². The fourth-order valence-corrected chi connectivity index (χ4v) is 1.18. The molecule has 1 fully saturated rings. The molecular formula is C6H10Cl2O. The highest BCUT2D eigenvalue weighted by molar-refractivity contribution is 6.47. The third kappa shape index (κ3) is 2.32. The van der Waals surface area contributed by atoms with Gasteiger partial charge in [0.2, 0.25) is 4.52 Å². The maximum absolute atomic E-state index is 5.68. The van der Waals surface area contributed by atoms with Gasteiger partial charge in [0, 0.05) is 6.42 Å². The average molecular weight is 169 g/mol. The molecule has 0 aromatic rings. The average Bonchev–Trinajstić information content (AvgIpc) is 1.78. The Hall–Kier alpha value is 0.540. The van der Waals surface area contributed by atoms with Crippen LogP contribution in [-0.4, -0.2) is 11.1 Å². The fourth-order valence-electron chi connectivity index (χ4n) is 0.834. The third-order valence-electron chi connectivity index (χ3n) is 1.51. The van der Waals surface area contributed by atoms with Gasteiger partial charge in [-0.05, 0) is 12.3 Å². The molecule has 0 aromatic carbocycles. The molecule has 1 rings (SSSR count). The molecule has 0 bridgehead atoms. The van der Waals surface area contributed by atoms with Crippen LogP contribution in [-0.2, 0) is 4.74 Å². The predicted octanol–water partition coefficient (Wildman–Crippen LogP) is 2.56. The zero-order valence-corrected chi connectivity index (χ0v) is 6.87. The summed E-state index contributed by atoms with van der Waals surface area (Å²) in [5.41, 5.74) is 0. The van der Waals surface area contributed by atoms with Crippen molar-refractivity contribution >= 4 is 23.2 Å². The number of alkyl halides is 2. The van der Waals surface area contributed by atoms with Crippen LogP contribution >= 0.6 is 23.2 Å². The molecule has 0 amide bonds. The molecule has 3 heteroatoms. The highest BCUT2D eigenvalue weighted by Crippen LogP contribution is 2.34. The van der Waals surface area contributed by atoms with E-state index < -0.39 is 4.52 Å². The molecule has 0 saturated carbocycles. The summed E-state index contributed by atoms with van der Waals surface area (Å²) < 4.78 is 4.21. The van der Waals surface area contributed by atoms with Crippen LogP contribution < -0.4 is 0 Å². The van der Waals surface area contributed by atoms with Gasteiger partial charge < -0.3 is 4.74 Å². The lowest BCUT2D eigenvalue weighted by atomic mass is 10.1. The van der Waals surface area contributed by atoms with E-state index in [2.05, 4.69) is 6.92 Å². The Morgan fingerprint density at radius 3 is 2.56 bits per heavy atom. The maximum Gasteiger partial charge on any atom is 0.217 e. The first-order chi connectivity index (χ1) is 4.10. The van der Waals surface area contributed by atoms with Crippen molar-refractivity contribution in [2.75, 3.05) is 6.61 Å². The van der Waals surface area contributed by atoms with E-state index in [1.165, 1.54) is 0 Å². The normalized spacial score (nSPS) is 34.3. The smallest absolute Gasteiger partial charge is 0.217 e. The van der Waals surface area contributed by atoms with Gasteiger partial charge in [0.15, 0.2) is 0 Å². The Bertz CT molecular complexity index is 93.2. The molecule has 1 atom stereocenters. The molecule has 0 spiro atoms. The predicted molar refractivity (Wildman–Crippen MR) is 38.8 cm³/mol. The van der Waals surface area contributed by atoms with E-state index in [9.17, 15) is 0 Å². The highest BCUT2D eigenvalue weighted by atomic mass is 35.5.